The van der Waals surface area contributed by atoms with Crippen molar-refractivity contribution in [2.24, 2.45) is 5.41 Å². The zero-order valence-electron chi connectivity index (χ0n) is 26.8. The lowest BCUT2D eigenvalue weighted by Crippen LogP contribution is -2.54. The maximum Gasteiger partial charge on any atom is 0.490 e. The molecule has 1 aliphatic carbocycles. The Bertz CT molecular complexity index is 1710. The van der Waals surface area contributed by atoms with E-state index in [0.29, 0.717) is 58.2 Å². The molecule has 1 saturated carbocycles. The van der Waals surface area contributed by atoms with Crippen LogP contribution in [0.4, 0.5) is 23.2 Å². The molecule has 4 aliphatic rings. The van der Waals surface area contributed by atoms with Gasteiger partial charge in [-0.2, -0.15) is 18.4 Å². The third-order valence-corrected chi connectivity index (χ3v) is 9.13. The summed E-state index contributed by atoms with van der Waals surface area (Å²) in [4.78, 5) is 64.1. The van der Waals surface area contributed by atoms with Crippen LogP contribution < -0.4 is 10.2 Å². The van der Waals surface area contributed by atoms with Gasteiger partial charge in [-0.3, -0.25) is 34.3 Å². The topological polar surface area (TPSA) is 204 Å². The van der Waals surface area contributed by atoms with Crippen LogP contribution in [0.25, 0.3) is 0 Å². The van der Waals surface area contributed by atoms with E-state index >= 15 is 4.39 Å². The molecule has 4 amide bonds. The van der Waals surface area contributed by atoms with E-state index in [1.165, 1.54) is 6.07 Å². The van der Waals surface area contributed by atoms with Crippen LogP contribution in [0.2, 0.25) is 0 Å². The Morgan fingerprint density at radius 1 is 1.14 bits per heavy atom. The molecule has 0 radical (unpaired) electrons. The Kier molecular flexibility index (Phi) is 10.5. The van der Waals surface area contributed by atoms with Crippen LogP contribution >= 0.6 is 0 Å². The highest BCUT2D eigenvalue weighted by atomic mass is 19.4. The Morgan fingerprint density at radius 2 is 1.78 bits per heavy atom. The number of piperidine rings is 1. The number of carbonyl (C=O) groups is 5. The standard InChI is InChI=1S/C28H32FN9O5.C2HF3O2/c1-2-43-14-13-37-24(32-33-34-37)23(28(5-6-28)7-8-30)36-11-9-35(10-12-36)21-16-18-17(15-19(21)29)26(41)38(27(18)42)20-3-4-22(39)31-25(20)40;3-2(4,5)1(6)7/h15-16,20,23H,2-7,9-14H2,1H3,(H,31,39,40);(H,6,7). The number of amides is 4. The Labute approximate surface area is 281 Å². The minimum absolute atomic E-state index is 0.00321. The summed E-state index contributed by atoms with van der Waals surface area (Å²) in [6.45, 7) is 5.35. The molecule has 2 N–H and O–H groups in total. The minimum Gasteiger partial charge on any atom is -0.475 e. The molecule has 3 fully saturated rings. The maximum absolute atomic E-state index is 15.5. The average molecular weight is 708 g/mol. The number of tetrazole rings is 1. The number of benzene rings is 1. The van der Waals surface area contributed by atoms with Gasteiger partial charge in [-0.15, -0.1) is 5.10 Å². The zero-order chi connectivity index (χ0) is 36.4. The number of nitrogens with one attached hydrogen (secondary N) is 1. The summed E-state index contributed by atoms with van der Waals surface area (Å²) in [7, 11) is 0. The number of nitriles is 1. The molecule has 2 saturated heterocycles. The SMILES string of the molecule is CCOCCn1nnnc1C(N1CCN(c2cc3c(cc2F)C(=O)N(C2CCC(=O)NC2=O)C3=O)CC1)C1(CC#N)CC1.O=C(O)C(F)(F)F. The predicted octanol–water partition coefficient (Wildman–Crippen LogP) is 1.44. The van der Waals surface area contributed by atoms with E-state index in [1.807, 2.05) is 11.8 Å². The summed E-state index contributed by atoms with van der Waals surface area (Å²) in [5.41, 5.74) is -0.132. The van der Waals surface area contributed by atoms with Crippen molar-refractivity contribution >= 4 is 35.3 Å². The van der Waals surface area contributed by atoms with Gasteiger partial charge in [0.25, 0.3) is 11.8 Å². The third-order valence-electron chi connectivity index (χ3n) is 9.13. The number of hydrogen-bond acceptors (Lipinski definition) is 12. The van der Waals surface area contributed by atoms with E-state index in [0.717, 1.165) is 23.8 Å². The Morgan fingerprint density at radius 3 is 2.34 bits per heavy atom. The fraction of sp³-hybridized carbons (Fsp3) is 0.567. The van der Waals surface area contributed by atoms with Crippen LogP contribution in [-0.4, -0.2) is 116 Å². The van der Waals surface area contributed by atoms with Gasteiger partial charge < -0.3 is 14.7 Å². The predicted molar refractivity (Wildman–Crippen MR) is 159 cm³/mol. The molecule has 16 nitrogen and oxygen atoms in total. The van der Waals surface area contributed by atoms with Gasteiger partial charge in [0.2, 0.25) is 11.8 Å². The van der Waals surface area contributed by atoms with Gasteiger partial charge in [0.05, 0.1) is 42.1 Å². The second kappa shape index (κ2) is 14.4. The number of fused-ring (bicyclic) bond motifs is 1. The number of hydrogen-bond donors (Lipinski definition) is 2. The molecule has 0 bridgehead atoms. The van der Waals surface area contributed by atoms with E-state index in [9.17, 15) is 37.6 Å². The van der Waals surface area contributed by atoms with Gasteiger partial charge in [-0.1, -0.05) is 0 Å². The summed E-state index contributed by atoms with van der Waals surface area (Å²) in [6.07, 6.45) is -2.93. The number of anilines is 1. The molecule has 0 spiro atoms. The van der Waals surface area contributed by atoms with E-state index in [4.69, 9.17) is 14.6 Å². The first-order chi connectivity index (χ1) is 23.7. The van der Waals surface area contributed by atoms with Crippen molar-refractivity contribution in [3.63, 3.8) is 0 Å². The third kappa shape index (κ3) is 7.28. The number of aliphatic carboxylic acids is 1. The fourth-order valence-electron chi connectivity index (χ4n) is 6.49. The summed E-state index contributed by atoms with van der Waals surface area (Å²) in [5, 5.41) is 31.3. The minimum atomic E-state index is -5.08. The highest BCUT2D eigenvalue weighted by molar-refractivity contribution is 6.23. The number of ether oxygens (including phenoxy) is 1. The number of aromatic nitrogens is 4. The van der Waals surface area contributed by atoms with Crippen LogP contribution in [0.3, 0.4) is 0 Å². The lowest BCUT2D eigenvalue weighted by atomic mass is 9.90. The molecule has 2 aromatic rings. The lowest BCUT2D eigenvalue weighted by molar-refractivity contribution is -0.192. The normalized spacial score (nSPS) is 20.8. The summed E-state index contributed by atoms with van der Waals surface area (Å²) < 4.78 is 54.4. The van der Waals surface area contributed by atoms with E-state index < -0.39 is 47.6 Å². The molecule has 4 heterocycles. The van der Waals surface area contributed by atoms with Crippen molar-refractivity contribution in [3.8, 4) is 6.07 Å². The summed E-state index contributed by atoms with van der Waals surface area (Å²) in [5.74, 6) is -5.32. The molecule has 1 aromatic heterocycles. The number of carboxylic acids is 1. The molecule has 50 heavy (non-hydrogen) atoms. The van der Waals surface area contributed by atoms with Crippen LogP contribution in [0.1, 0.15) is 71.6 Å². The molecular formula is C30H33F4N9O7. The number of rotatable bonds is 10. The monoisotopic (exact) mass is 707 g/mol. The number of carbonyl (C=O) groups excluding carboxylic acids is 4. The first kappa shape index (κ1) is 36.3. The summed E-state index contributed by atoms with van der Waals surface area (Å²) in [6, 6.07) is 3.46. The molecule has 268 valence electrons. The highest BCUT2D eigenvalue weighted by Gasteiger charge is 2.54. The second-order valence-electron chi connectivity index (χ2n) is 12.2. The van der Waals surface area contributed by atoms with Crippen molar-refractivity contribution in [1.29, 1.82) is 5.26 Å². The van der Waals surface area contributed by atoms with E-state index in [2.05, 4.69) is 31.8 Å². The lowest BCUT2D eigenvalue weighted by Gasteiger charge is -2.42. The Balaban J connectivity index is 0.000000630. The fourth-order valence-corrected chi connectivity index (χ4v) is 6.49. The molecular weight excluding hydrogens is 674 g/mol. The van der Waals surface area contributed by atoms with Gasteiger partial charge in [0.1, 0.15) is 11.9 Å². The second-order valence-corrected chi connectivity index (χ2v) is 12.2. The van der Waals surface area contributed by atoms with Crippen LogP contribution in [-0.2, 0) is 25.7 Å². The molecule has 6 rings (SSSR count). The largest absolute Gasteiger partial charge is 0.490 e. The molecule has 2 atom stereocenters. The van der Waals surface area contributed by atoms with E-state index in [1.54, 1.807) is 4.68 Å². The van der Waals surface area contributed by atoms with Crippen molar-refractivity contribution in [1.82, 2.24) is 35.3 Å². The number of alkyl halides is 3. The van der Waals surface area contributed by atoms with Crippen LogP contribution in [0.5, 0.6) is 0 Å². The van der Waals surface area contributed by atoms with Crippen molar-refractivity contribution in [3.05, 3.63) is 34.9 Å². The van der Waals surface area contributed by atoms with Gasteiger partial charge in [0, 0.05) is 51.0 Å². The molecule has 2 unspecified atom stereocenters. The van der Waals surface area contributed by atoms with Crippen molar-refractivity contribution < 1.29 is 51.4 Å². The van der Waals surface area contributed by atoms with Gasteiger partial charge in [-0.25, -0.2) is 13.9 Å². The number of imide groups is 2. The summed E-state index contributed by atoms with van der Waals surface area (Å²) >= 11 is 0. The van der Waals surface area contributed by atoms with Crippen LogP contribution in [0.15, 0.2) is 12.1 Å². The first-order valence-corrected chi connectivity index (χ1v) is 15.8. The smallest absolute Gasteiger partial charge is 0.475 e. The van der Waals surface area contributed by atoms with Gasteiger partial charge in [-0.05, 0) is 48.7 Å². The van der Waals surface area contributed by atoms with Gasteiger partial charge >= 0.3 is 12.1 Å². The van der Waals surface area contributed by atoms with Crippen molar-refractivity contribution in [2.75, 3.05) is 44.3 Å². The van der Waals surface area contributed by atoms with E-state index in [-0.39, 0.29) is 41.1 Å². The van der Waals surface area contributed by atoms with Crippen molar-refractivity contribution in [2.45, 2.75) is 63.8 Å². The quantitative estimate of drug-likeness (QED) is 0.204. The Hall–Kier alpha value is -5.03. The maximum atomic E-state index is 15.5. The van der Waals surface area contributed by atoms with Gasteiger partial charge in [0.15, 0.2) is 5.82 Å². The number of piperazine rings is 1. The van der Waals surface area contributed by atoms with Crippen LogP contribution in [0, 0.1) is 22.6 Å². The molecule has 3 aliphatic heterocycles. The number of nitrogens with zero attached hydrogens (tertiary/aromatic N) is 8. The molecule has 1 aromatic carbocycles. The average Bonchev–Trinajstić information content (AvgIpc) is 3.62. The molecule has 20 heteroatoms. The zero-order valence-corrected chi connectivity index (χ0v) is 26.8. The highest BCUT2D eigenvalue weighted by Crippen LogP contribution is 2.59. The first-order valence-electron chi connectivity index (χ1n) is 15.8. The number of carboxylic acid groups (broad SMARTS) is 1. The number of halogens is 4.